The highest BCUT2D eigenvalue weighted by molar-refractivity contribution is 5.83. The zero-order valence-corrected chi connectivity index (χ0v) is 19.4. The fourth-order valence-electron chi connectivity index (χ4n) is 4.42. The summed E-state index contributed by atoms with van der Waals surface area (Å²) in [6, 6.07) is 20.0. The molecular weight excluding hydrogens is 433 g/mol. The predicted octanol–water partition coefficient (Wildman–Crippen LogP) is 4.73. The molecule has 1 aliphatic rings. The highest BCUT2D eigenvalue weighted by Gasteiger charge is 2.35. The van der Waals surface area contributed by atoms with Crippen LogP contribution in [0.15, 0.2) is 66.7 Å². The van der Waals surface area contributed by atoms with E-state index in [1.54, 1.807) is 12.1 Å². The van der Waals surface area contributed by atoms with Gasteiger partial charge >= 0.3 is 5.97 Å². The molecule has 0 radical (unpaired) electrons. The molecular formula is C28H28FNO4. The molecule has 34 heavy (non-hydrogen) atoms. The van der Waals surface area contributed by atoms with Gasteiger partial charge in [0.1, 0.15) is 23.7 Å². The normalized spacial score (nSPS) is 16.6. The monoisotopic (exact) mass is 461 g/mol. The van der Waals surface area contributed by atoms with Crippen LogP contribution in [0.5, 0.6) is 5.75 Å². The number of ether oxygens (including phenoxy) is 1. The molecule has 6 heteroatoms. The number of hydrogen-bond acceptors (Lipinski definition) is 3. The second kappa shape index (κ2) is 9.67. The van der Waals surface area contributed by atoms with Crippen LogP contribution in [0.4, 0.5) is 4.39 Å². The van der Waals surface area contributed by atoms with E-state index in [9.17, 15) is 19.1 Å². The largest absolute Gasteiger partial charge is 0.487 e. The van der Waals surface area contributed by atoms with Crippen molar-refractivity contribution in [2.45, 2.75) is 45.3 Å². The van der Waals surface area contributed by atoms with Gasteiger partial charge in [0.05, 0.1) is 6.42 Å². The van der Waals surface area contributed by atoms with Crippen LogP contribution in [0.1, 0.15) is 34.7 Å². The summed E-state index contributed by atoms with van der Waals surface area (Å²) in [6.45, 7) is 3.81. The summed E-state index contributed by atoms with van der Waals surface area (Å²) in [4.78, 5) is 25.7. The minimum Gasteiger partial charge on any atom is -0.487 e. The number of halogens is 1. The van der Waals surface area contributed by atoms with Crippen molar-refractivity contribution in [2.24, 2.45) is 0 Å². The third-order valence-electron chi connectivity index (χ3n) is 6.10. The summed E-state index contributed by atoms with van der Waals surface area (Å²) in [5, 5.41) is 9.31. The molecule has 3 aromatic rings. The molecule has 4 rings (SSSR count). The Kier molecular flexibility index (Phi) is 6.68. The van der Waals surface area contributed by atoms with E-state index in [1.165, 1.54) is 11.0 Å². The first-order valence-corrected chi connectivity index (χ1v) is 11.3. The highest BCUT2D eigenvalue weighted by atomic mass is 19.1. The van der Waals surface area contributed by atoms with Crippen molar-refractivity contribution in [2.75, 3.05) is 6.54 Å². The number of carboxylic acid groups (broad SMARTS) is 1. The van der Waals surface area contributed by atoms with Crippen LogP contribution >= 0.6 is 0 Å². The van der Waals surface area contributed by atoms with Gasteiger partial charge < -0.3 is 14.7 Å². The van der Waals surface area contributed by atoms with Crippen LogP contribution in [-0.2, 0) is 35.4 Å². The van der Waals surface area contributed by atoms with Crippen LogP contribution in [-0.4, -0.2) is 34.0 Å². The first-order chi connectivity index (χ1) is 16.2. The van der Waals surface area contributed by atoms with Gasteiger partial charge in [-0.3, -0.25) is 9.59 Å². The summed E-state index contributed by atoms with van der Waals surface area (Å²) in [5.74, 6) is -0.818. The average Bonchev–Trinajstić information content (AvgIpc) is 3.11. The lowest BCUT2D eigenvalue weighted by atomic mass is 9.91. The van der Waals surface area contributed by atoms with Crippen molar-refractivity contribution in [3.8, 4) is 5.75 Å². The number of aliphatic carboxylic acids is 1. The average molecular weight is 462 g/mol. The van der Waals surface area contributed by atoms with Gasteiger partial charge in [0.15, 0.2) is 0 Å². The van der Waals surface area contributed by atoms with Crippen molar-refractivity contribution in [1.29, 1.82) is 0 Å². The number of nitrogens with zero attached hydrogens (tertiary/aromatic N) is 1. The van der Waals surface area contributed by atoms with Crippen molar-refractivity contribution in [3.05, 3.63) is 100 Å². The molecule has 176 valence electrons. The van der Waals surface area contributed by atoms with Gasteiger partial charge in [-0.15, -0.1) is 0 Å². The Morgan fingerprint density at radius 1 is 1.06 bits per heavy atom. The van der Waals surface area contributed by atoms with Crippen LogP contribution in [0, 0.1) is 12.7 Å². The van der Waals surface area contributed by atoms with E-state index in [-0.39, 0.29) is 31.2 Å². The lowest BCUT2D eigenvalue weighted by molar-refractivity contribution is -0.144. The van der Waals surface area contributed by atoms with Crippen molar-refractivity contribution in [1.82, 2.24) is 4.90 Å². The van der Waals surface area contributed by atoms with E-state index in [1.807, 2.05) is 62.4 Å². The first-order valence-electron chi connectivity index (χ1n) is 11.3. The molecule has 0 fully saturated rings. The lowest BCUT2D eigenvalue weighted by Crippen LogP contribution is -2.36. The molecule has 0 aromatic heterocycles. The van der Waals surface area contributed by atoms with Crippen LogP contribution in [0.2, 0.25) is 0 Å². The van der Waals surface area contributed by atoms with Crippen LogP contribution in [0.25, 0.3) is 0 Å². The zero-order chi connectivity index (χ0) is 24.3. The number of aryl methyl sites for hydroxylation is 1. The van der Waals surface area contributed by atoms with Gasteiger partial charge in [0.25, 0.3) is 0 Å². The Morgan fingerprint density at radius 3 is 2.47 bits per heavy atom. The van der Waals surface area contributed by atoms with Gasteiger partial charge in [0.2, 0.25) is 5.91 Å². The molecule has 0 unspecified atom stereocenters. The van der Waals surface area contributed by atoms with Gasteiger partial charge in [-0.05, 0) is 48.2 Å². The van der Waals surface area contributed by atoms with E-state index in [4.69, 9.17) is 4.74 Å². The third-order valence-corrected chi connectivity index (χ3v) is 6.10. The standard InChI is InChI=1S/C28H28FNO4/c1-19-7-9-20(10-8-19)17-30(18-27(32)33)26(31)14-21-11-12-25-23(13-21)16-28(2,34-25)15-22-5-3-4-6-24(22)29/h3-13H,14-18H2,1-2H3,(H,32,33)/t28-/m0/s1. The molecule has 0 spiro atoms. The summed E-state index contributed by atoms with van der Waals surface area (Å²) in [7, 11) is 0. The minimum absolute atomic E-state index is 0.0937. The number of carbonyl (C=O) groups excluding carboxylic acids is 1. The molecule has 0 bridgehead atoms. The number of carbonyl (C=O) groups is 2. The molecule has 5 nitrogen and oxygen atoms in total. The van der Waals surface area contributed by atoms with Gasteiger partial charge in [-0.2, -0.15) is 0 Å². The maximum Gasteiger partial charge on any atom is 0.323 e. The topological polar surface area (TPSA) is 66.8 Å². The number of rotatable bonds is 8. The summed E-state index contributed by atoms with van der Waals surface area (Å²) in [5.41, 5.74) is 3.77. The molecule has 0 saturated carbocycles. The maximum absolute atomic E-state index is 14.2. The second-order valence-electron chi connectivity index (χ2n) is 9.24. The third kappa shape index (κ3) is 5.63. The van der Waals surface area contributed by atoms with E-state index in [2.05, 4.69) is 0 Å². The van der Waals surface area contributed by atoms with Crippen LogP contribution < -0.4 is 4.74 Å². The summed E-state index contributed by atoms with van der Waals surface area (Å²) in [6.07, 6.45) is 1.13. The van der Waals surface area contributed by atoms with E-state index < -0.39 is 11.6 Å². The Balaban J connectivity index is 1.46. The molecule has 1 aliphatic heterocycles. The van der Waals surface area contributed by atoms with Crippen molar-refractivity contribution >= 4 is 11.9 Å². The molecule has 1 amide bonds. The predicted molar refractivity (Wildman–Crippen MR) is 127 cm³/mol. The maximum atomic E-state index is 14.2. The second-order valence-corrected chi connectivity index (χ2v) is 9.24. The fraction of sp³-hybridized carbons (Fsp3) is 0.286. The first kappa shape index (κ1) is 23.5. The smallest absolute Gasteiger partial charge is 0.323 e. The number of hydrogen-bond donors (Lipinski definition) is 1. The van der Waals surface area contributed by atoms with Gasteiger partial charge in [0, 0.05) is 19.4 Å². The SMILES string of the molecule is Cc1ccc(CN(CC(=O)O)C(=O)Cc2ccc3c(c2)C[C@](C)(Cc2ccccc2F)O3)cc1. The van der Waals surface area contributed by atoms with Gasteiger partial charge in [-0.1, -0.05) is 60.2 Å². The number of amides is 1. The van der Waals surface area contributed by atoms with E-state index >= 15 is 0 Å². The molecule has 1 atom stereocenters. The highest BCUT2D eigenvalue weighted by Crippen LogP contribution is 2.38. The van der Waals surface area contributed by atoms with Crippen LogP contribution in [0.3, 0.4) is 0 Å². The molecule has 1 heterocycles. The lowest BCUT2D eigenvalue weighted by Gasteiger charge is -2.24. The minimum atomic E-state index is -1.05. The summed E-state index contributed by atoms with van der Waals surface area (Å²) < 4.78 is 20.3. The number of benzene rings is 3. The van der Waals surface area contributed by atoms with Crippen molar-refractivity contribution < 1.29 is 23.8 Å². The van der Waals surface area contributed by atoms with E-state index in [0.717, 1.165) is 28.0 Å². The Hall–Kier alpha value is -3.67. The quantitative estimate of drug-likeness (QED) is 0.527. The fourth-order valence-corrected chi connectivity index (χ4v) is 4.42. The Labute approximate surface area is 198 Å². The van der Waals surface area contributed by atoms with Gasteiger partial charge in [-0.25, -0.2) is 4.39 Å². The summed E-state index contributed by atoms with van der Waals surface area (Å²) >= 11 is 0. The Morgan fingerprint density at radius 2 is 1.76 bits per heavy atom. The molecule has 0 aliphatic carbocycles. The Bertz CT molecular complexity index is 1210. The van der Waals surface area contributed by atoms with E-state index in [0.29, 0.717) is 18.4 Å². The zero-order valence-electron chi connectivity index (χ0n) is 19.4. The molecule has 0 saturated heterocycles. The molecule has 1 N–H and O–H groups in total. The molecule has 3 aromatic carbocycles. The van der Waals surface area contributed by atoms with Crippen molar-refractivity contribution in [3.63, 3.8) is 0 Å². The number of fused-ring (bicyclic) bond motifs is 1. The number of carboxylic acids is 1.